The molecular weight excluding hydrogens is 403 g/mol. The van der Waals surface area contributed by atoms with Crippen molar-refractivity contribution in [2.45, 2.75) is 19.8 Å². The van der Waals surface area contributed by atoms with Gasteiger partial charge in [0.05, 0.1) is 5.02 Å². The van der Waals surface area contributed by atoms with Crippen LogP contribution >= 0.6 is 23.2 Å². The molecule has 10 heteroatoms. The minimum Gasteiger partial charge on any atom is -0.482 e. The van der Waals surface area contributed by atoms with Gasteiger partial charge in [0.2, 0.25) is 0 Å². The van der Waals surface area contributed by atoms with Crippen LogP contribution in [-0.2, 0) is 4.79 Å². The van der Waals surface area contributed by atoms with Crippen LogP contribution < -0.4 is 26.2 Å². The van der Waals surface area contributed by atoms with Crippen molar-refractivity contribution in [2.24, 2.45) is 5.92 Å². The van der Waals surface area contributed by atoms with Crippen LogP contribution in [0.4, 0.5) is 17.3 Å². The number of ether oxygens (including phenoxy) is 1. The van der Waals surface area contributed by atoms with Crippen molar-refractivity contribution in [1.29, 1.82) is 0 Å². The van der Waals surface area contributed by atoms with Crippen molar-refractivity contribution in [1.82, 2.24) is 15.4 Å². The largest absolute Gasteiger partial charge is 0.482 e. The van der Waals surface area contributed by atoms with Crippen LogP contribution in [0.5, 0.6) is 5.75 Å². The number of amides is 1. The molecule has 1 saturated heterocycles. The molecule has 150 valence electrons. The molecule has 0 saturated carbocycles. The Morgan fingerprint density at radius 3 is 2.96 bits per heavy atom. The zero-order valence-electron chi connectivity index (χ0n) is 15.4. The number of nitrogens with zero attached hydrogens (tertiary/aromatic N) is 3. The minimum absolute atomic E-state index is 0.240. The fraction of sp³-hybridized carbons (Fsp3) is 0.389. The number of anilines is 3. The lowest BCUT2D eigenvalue weighted by molar-refractivity contribution is -0.122. The smallest absolute Gasteiger partial charge is 0.276 e. The van der Waals surface area contributed by atoms with E-state index in [1.807, 2.05) is 0 Å². The molecule has 2 aromatic rings. The summed E-state index contributed by atoms with van der Waals surface area (Å²) in [4.78, 5) is 22.6. The van der Waals surface area contributed by atoms with Gasteiger partial charge in [-0.25, -0.2) is 9.97 Å². The number of nitrogen functional groups attached to an aromatic ring is 1. The summed E-state index contributed by atoms with van der Waals surface area (Å²) in [5, 5.41) is 0.815. The van der Waals surface area contributed by atoms with Crippen LogP contribution in [0.15, 0.2) is 24.5 Å². The van der Waals surface area contributed by atoms with Crippen LogP contribution in [0.25, 0.3) is 0 Å². The Morgan fingerprint density at radius 2 is 2.21 bits per heavy atom. The molecule has 1 aliphatic rings. The van der Waals surface area contributed by atoms with E-state index in [0.29, 0.717) is 39.0 Å². The van der Waals surface area contributed by atoms with Crippen LogP contribution in [0.1, 0.15) is 19.8 Å². The minimum atomic E-state index is -0.419. The Hall–Kier alpha value is -2.45. The highest BCUT2D eigenvalue weighted by molar-refractivity contribution is 6.35. The third-order valence-corrected chi connectivity index (χ3v) is 4.92. The SMILES string of the molecule is CC1CCCN(c2ncnc(NNC(=O)COc3ccc(Cl)cc3Cl)c2N)C1. The number of hydrogen-bond acceptors (Lipinski definition) is 7. The van der Waals surface area contributed by atoms with E-state index in [2.05, 4.69) is 32.6 Å². The first-order chi connectivity index (χ1) is 13.4. The van der Waals surface area contributed by atoms with Gasteiger partial charge in [0.15, 0.2) is 18.2 Å². The highest BCUT2D eigenvalue weighted by atomic mass is 35.5. The molecule has 0 aliphatic carbocycles. The van der Waals surface area contributed by atoms with Crippen molar-refractivity contribution in [2.75, 3.05) is 35.8 Å². The van der Waals surface area contributed by atoms with Gasteiger partial charge in [-0.1, -0.05) is 30.1 Å². The third kappa shape index (κ3) is 5.08. The van der Waals surface area contributed by atoms with Crippen molar-refractivity contribution in [3.05, 3.63) is 34.6 Å². The molecule has 0 spiro atoms. The third-order valence-electron chi connectivity index (χ3n) is 4.39. The maximum Gasteiger partial charge on any atom is 0.276 e. The fourth-order valence-corrected chi connectivity index (χ4v) is 3.48. The van der Waals surface area contributed by atoms with Gasteiger partial charge in [0.25, 0.3) is 5.91 Å². The number of nitrogens with one attached hydrogen (secondary N) is 2. The van der Waals surface area contributed by atoms with Gasteiger partial charge < -0.3 is 15.4 Å². The normalized spacial score (nSPS) is 16.5. The van der Waals surface area contributed by atoms with Crippen LogP contribution in [-0.4, -0.2) is 35.6 Å². The molecule has 2 heterocycles. The molecule has 4 N–H and O–H groups in total. The summed E-state index contributed by atoms with van der Waals surface area (Å²) in [6.45, 7) is 3.75. The number of carbonyl (C=O) groups excluding carboxylic acids is 1. The van der Waals surface area contributed by atoms with Gasteiger partial charge in [0.1, 0.15) is 17.8 Å². The van der Waals surface area contributed by atoms with Gasteiger partial charge in [-0.2, -0.15) is 0 Å². The summed E-state index contributed by atoms with van der Waals surface area (Å²) in [5.74, 6) is 1.53. The van der Waals surface area contributed by atoms with Crippen molar-refractivity contribution < 1.29 is 9.53 Å². The second kappa shape index (κ2) is 9.16. The van der Waals surface area contributed by atoms with E-state index in [4.69, 9.17) is 33.7 Å². The number of benzene rings is 1. The van der Waals surface area contributed by atoms with E-state index in [9.17, 15) is 4.79 Å². The maximum absolute atomic E-state index is 12.0. The van der Waals surface area contributed by atoms with Gasteiger partial charge in [0, 0.05) is 18.1 Å². The number of piperidine rings is 1. The van der Waals surface area contributed by atoms with Gasteiger partial charge in [-0.05, 0) is 37.0 Å². The second-order valence-electron chi connectivity index (χ2n) is 6.69. The van der Waals surface area contributed by atoms with Gasteiger partial charge in [-0.15, -0.1) is 0 Å². The van der Waals surface area contributed by atoms with E-state index in [0.717, 1.165) is 19.5 Å². The predicted molar refractivity (Wildman–Crippen MR) is 111 cm³/mol. The molecule has 1 unspecified atom stereocenters. The molecule has 1 fully saturated rings. The number of nitrogens with two attached hydrogens (primary N) is 1. The molecule has 28 heavy (non-hydrogen) atoms. The van der Waals surface area contributed by atoms with E-state index in [1.165, 1.54) is 12.7 Å². The van der Waals surface area contributed by atoms with E-state index < -0.39 is 5.91 Å². The predicted octanol–water partition coefficient (Wildman–Crippen LogP) is 3.12. The molecule has 3 rings (SSSR count). The first-order valence-corrected chi connectivity index (χ1v) is 9.67. The van der Waals surface area contributed by atoms with Gasteiger partial charge in [-0.3, -0.25) is 15.6 Å². The quantitative estimate of drug-likeness (QED) is 0.611. The Balaban J connectivity index is 1.56. The molecule has 8 nitrogen and oxygen atoms in total. The highest BCUT2D eigenvalue weighted by Crippen LogP contribution is 2.29. The van der Waals surface area contributed by atoms with E-state index >= 15 is 0 Å². The topological polar surface area (TPSA) is 105 Å². The van der Waals surface area contributed by atoms with Crippen molar-refractivity contribution in [3.8, 4) is 5.75 Å². The summed E-state index contributed by atoms with van der Waals surface area (Å²) >= 11 is 11.8. The zero-order chi connectivity index (χ0) is 20.1. The molecule has 1 aromatic carbocycles. The summed E-state index contributed by atoms with van der Waals surface area (Å²) in [6, 6.07) is 4.77. The standard InChI is InChI=1S/C18H22Cl2N6O2/c1-11-3-2-6-26(8-11)18-16(21)17(22-10-23-18)25-24-15(27)9-28-14-5-4-12(19)7-13(14)20/h4-5,7,10-11H,2-3,6,8-9,21H2,1H3,(H,24,27)(H,22,23,25). The number of carbonyl (C=O) groups is 1. The molecule has 1 aromatic heterocycles. The Morgan fingerprint density at radius 1 is 1.39 bits per heavy atom. The van der Waals surface area contributed by atoms with E-state index in [1.54, 1.807) is 18.2 Å². The lowest BCUT2D eigenvalue weighted by Crippen LogP contribution is -2.36. The molecule has 1 amide bonds. The number of rotatable bonds is 6. The summed E-state index contributed by atoms with van der Waals surface area (Å²) in [7, 11) is 0. The molecule has 1 aliphatic heterocycles. The Labute approximate surface area is 173 Å². The molecular formula is C18H22Cl2N6O2. The van der Waals surface area contributed by atoms with Gasteiger partial charge >= 0.3 is 0 Å². The van der Waals surface area contributed by atoms with Crippen LogP contribution in [0.2, 0.25) is 10.0 Å². The zero-order valence-corrected chi connectivity index (χ0v) is 16.9. The lowest BCUT2D eigenvalue weighted by Gasteiger charge is -2.32. The number of halogens is 2. The number of aromatic nitrogens is 2. The average Bonchev–Trinajstić information content (AvgIpc) is 2.66. The second-order valence-corrected chi connectivity index (χ2v) is 7.53. The lowest BCUT2D eigenvalue weighted by atomic mass is 10.0. The summed E-state index contributed by atoms with van der Waals surface area (Å²) in [5.41, 5.74) is 11.8. The number of hydrazine groups is 1. The van der Waals surface area contributed by atoms with Crippen molar-refractivity contribution in [3.63, 3.8) is 0 Å². The Bertz CT molecular complexity index is 851. The number of hydrogen-bond donors (Lipinski definition) is 3. The maximum atomic E-state index is 12.0. The Kier molecular flexibility index (Phi) is 6.64. The monoisotopic (exact) mass is 424 g/mol. The van der Waals surface area contributed by atoms with Crippen molar-refractivity contribution >= 4 is 46.4 Å². The average molecular weight is 425 g/mol. The first kappa shape index (κ1) is 20.3. The summed E-state index contributed by atoms with van der Waals surface area (Å²) in [6.07, 6.45) is 3.71. The highest BCUT2D eigenvalue weighted by Gasteiger charge is 2.21. The first-order valence-electron chi connectivity index (χ1n) is 8.92. The molecule has 0 bridgehead atoms. The molecule has 1 atom stereocenters. The molecule has 0 radical (unpaired) electrons. The summed E-state index contributed by atoms with van der Waals surface area (Å²) < 4.78 is 5.39. The van der Waals surface area contributed by atoms with Crippen LogP contribution in [0, 0.1) is 5.92 Å². The van der Waals surface area contributed by atoms with E-state index in [-0.39, 0.29) is 6.61 Å². The van der Waals surface area contributed by atoms with Crippen LogP contribution in [0.3, 0.4) is 0 Å². The fourth-order valence-electron chi connectivity index (χ4n) is 3.02.